The minimum absolute atomic E-state index is 0.348. The fraction of sp³-hybridized carbons (Fsp3) is 0.636. The summed E-state index contributed by atoms with van der Waals surface area (Å²) in [7, 11) is 0. The Morgan fingerprint density at radius 2 is 1.93 bits per heavy atom. The largest absolute Gasteiger partial charge is 0.326 e. The number of rotatable bonds is 2. The molecule has 0 saturated heterocycles. The molecule has 14 heavy (non-hydrogen) atoms. The monoisotopic (exact) mass is 275 g/mol. The lowest BCUT2D eigenvalue weighted by Crippen LogP contribution is -2.09. The fourth-order valence-corrected chi connectivity index (χ4v) is 3.85. The Hall–Kier alpha value is 0.140. The van der Waals surface area contributed by atoms with Gasteiger partial charge < -0.3 is 5.73 Å². The van der Waals surface area contributed by atoms with Crippen LogP contribution >= 0.6 is 27.3 Å². The smallest absolute Gasteiger partial charge is 0.0748 e. The predicted octanol–water partition coefficient (Wildman–Crippen LogP) is 3.87. The normalized spacial score (nSPS) is 12.1. The van der Waals surface area contributed by atoms with Gasteiger partial charge in [-0.3, -0.25) is 0 Å². The van der Waals surface area contributed by atoms with Crippen molar-refractivity contribution in [1.29, 1.82) is 0 Å². The molecule has 0 bridgehead atoms. The molecule has 0 atom stereocenters. The van der Waals surface area contributed by atoms with Gasteiger partial charge in [0.25, 0.3) is 0 Å². The third-order valence-electron chi connectivity index (χ3n) is 2.22. The van der Waals surface area contributed by atoms with Crippen molar-refractivity contribution in [3.8, 4) is 0 Å². The van der Waals surface area contributed by atoms with Crippen molar-refractivity contribution in [3.63, 3.8) is 0 Å². The topological polar surface area (TPSA) is 26.0 Å². The summed E-state index contributed by atoms with van der Waals surface area (Å²) < 4.78 is 1.21. The molecular weight excluding hydrogens is 258 g/mol. The molecule has 0 radical (unpaired) electrons. The van der Waals surface area contributed by atoms with E-state index >= 15 is 0 Å². The van der Waals surface area contributed by atoms with Gasteiger partial charge >= 0.3 is 0 Å². The summed E-state index contributed by atoms with van der Waals surface area (Å²) in [4.78, 5) is 1.46. The van der Waals surface area contributed by atoms with E-state index in [1.807, 2.05) is 11.3 Å². The highest BCUT2D eigenvalue weighted by Gasteiger charge is 2.18. The second kappa shape index (κ2) is 4.33. The molecule has 0 aliphatic rings. The Labute approximate surface area is 98.8 Å². The Kier molecular flexibility index (Phi) is 3.78. The first-order chi connectivity index (χ1) is 6.35. The summed E-state index contributed by atoms with van der Waals surface area (Å²) in [6, 6.07) is 0. The molecule has 1 heterocycles. The predicted molar refractivity (Wildman–Crippen MR) is 67.8 cm³/mol. The number of hydrogen-bond donors (Lipinski definition) is 1. The van der Waals surface area contributed by atoms with Crippen molar-refractivity contribution < 1.29 is 0 Å². The zero-order chi connectivity index (χ0) is 10.9. The van der Waals surface area contributed by atoms with Crippen LogP contribution in [0.15, 0.2) is 3.79 Å². The summed E-state index contributed by atoms with van der Waals surface area (Å²) in [6.45, 7) is 9.60. The Balaban J connectivity index is 3.00. The highest BCUT2D eigenvalue weighted by Crippen LogP contribution is 2.36. The highest BCUT2D eigenvalue weighted by molar-refractivity contribution is 9.11. The average Bonchev–Trinajstić information content (AvgIpc) is 2.24. The van der Waals surface area contributed by atoms with Crippen LogP contribution in [0.1, 0.15) is 36.8 Å². The van der Waals surface area contributed by atoms with Crippen LogP contribution in [0, 0.1) is 12.3 Å². The summed E-state index contributed by atoms with van der Waals surface area (Å²) in [5.41, 5.74) is 8.70. The van der Waals surface area contributed by atoms with Crippen LogP contribution in [0.4, 0.5) is 0 Å². The number of thiophene rings is 1. The molecule has 3 heteroatoms. The third-order valence-corrected chi connectivity index (χ3v) is 4.30. The third kappa shape index (κ3) is 2.81. The molecule has 0 saturated carbocycles. The van der Waals surface area contributed by atoms with Gasteiger partial charge in [-0.05, 0) is 45.8 Å². The van der Waals surface area contributed by atoms with Crippen LogP contribution in [0.3, 0.4) is 0 Å². The van der Waals surface area contributed by atoms with Gasteiger partial charge in [-0.2, -0.15) is 0 Å². The lowest BCUT2D eigenvalue weighted by atomic mass is 9.90. The fourth-order valence-electron chi connectivity index (χ4n) is 1.45. The van der Waals surface area contributed by atoms with Gasteiger partial charge in [0.15, 0.2) is 0 Å². The van der Waals surface area contributed by atoms with Gasteiger partial charge in [0.1, 0.15) is 0 Å². The van der Waals surface area contributed by atoms with E-state index in [0.29, 0.717) is 12.0 Å². The van der Waals surface area contributed by atoms with Crippen LogP contribution in [0.2, 0.25) is 0 Å². The van der Waals surface area contributed by atoms with Gasteiger partial charge in [0.2, 0.25) is 0 Å². The maximum atomic E-state index is 5.71. The van der Waals surface area contributed by atoms with Crippen LogP contribution < -0.4 is 5.73 Å². The van der Waals surface area contributed by atoms with Gasteiger partial charge in [-0.1, -0.05) is 20.8 Å². The molecule has 0 unspecified atom stereocenters. The second-order valence-corrected chi connectivity index (χ2v) is 7.27. The van der Waals surface area contributed by atoms with E-state index in [1.165, 1.54) is 19.8 Å². The molecule has 2 N–H and O–H groups in total. The van der Waals surface area contributed by atoms with Crippen molar-refractivity contribution >= 4 is 27.3 Å². The standard InChI is InChI=1S/C11H18BrNS/c1-7-8(6-13)10(12)14-9(7)5-11(2,3)4/h5-6,13H2,1-4H3. The van der Waals surface area contributed by atoms with E-state index in [2.05, 4.69) is 43.6 Å². The van der Waals surface area contributed by atoms with Gasteiger partial charge in [0.05, 0.1) is 3.79 Å². The summed E-state index contributed by atoms with van der Waals surface area (Å²) in [5.74, 6) is 0. The minimum atomic E-state index is 0.348. The SMILES string of the molecule is Cc1c(CC(C)(C)C)sc(Br)c1CN. The number of nitrogens with two attached hydrogens (primary N) is 1. The number of halogens is 1. The molecular formula is C11H18BrNS. The first-order valence-corrected chi connectivity index (χ1v) is 6.43. The van der Waals surface area contributed by atoms with Crippen molar-refractivity contribution in [2.45, 2.75) is 40.7 Å². The lowest BCUT2D eigenvalue weighted by molar-refractivity contribution is 0.414. The molecule has 0 amide bonds. The van der Waals surface area contributed by atoms with Gasteiger partial charge in [0, 0.05) is 11.4 Å². The van der Waals surface area contributed by atoms with Gasteiger partial charge in [-0.15, -0.1) is 11.3 Å². The van der Waals surface area contributed by atoms with Crippen molar-refractivity contribution in [1.82, 2.24) is 0 Å². The van der Waals surface area contributed by atoms with E-state index in [4.69, 9.17) is 5.73 Å². The Morgan fingerprint density at radius 3 is 2.29 bits per heavy atom. The molecule has 1 rings (SSSR count). The molecule has 1 nitrogen and oxygen atoms in total. The zero-order valence-electron chi connectivity index (χ0n) is 9.28. The summed E-state index contributed by atoms with van der Waals surface area (Å²) in [5, 5.41) is 0. The molecule has 0 aliphatic carbocycles. The molecule has 0 spiro atoms. The lowest BCUT2D eigenvalue weighted by Gasteiger charge is -2.17. The first kappa shape index (κ1) is 12.2. The quantitative estimate of drug-likeness (QED) is 0.872. The maximum absolute atomic E-state index is 5.71. The van der Waals surface area contributed by atoms with Crippen molar-refractivity contribution in [2.24, 2.45) is 11.1 Å². The summed E-state index contributed by atoms with van der Waals surface area (Å²) >= 11 is 5.40. The molecule has 0 aromatic carbocycles. The Bertz CT molecular complexity index is 323. The van der Waals surface area contributed by atoms with Gasteiger partial charge in [-0.25, -0.2) is 0 Å². The maximum Gasteiger partial charge on any atom is 0.0748 e. The van der Waals surface area contributed by atoms with Crippen LogP contribution in [0.5, 0.6) is 0 Å². The molecule has 0 aliphatic heterocycles. The first-order valence-electron chi connectivity index (χ1n) is 4.82. The van der Waals surface area contributed by atoms with E-state index in [0.717, 1.165) is 6.42 Å². The summed E-state index contributed by atoms with van der Waals surface area (Å²) in [6.07, 6.45) is 1.13. The second-order valence-electron chi connectivity index (χ2n) is 4.84. The van der Waals surface area contributed by atoms with E-state index in [9.17, 15) is 0 Å². The Morgan fingerprint density at radius 1 is 1.36 bits per heavy atom. The minimum Gasteiger partial charge on any atom is -0.326 e. The molecule has 80 valence electrons. The van der Waals surface area contributed by atoms with Crippen molar-refractivity contribution in [3.05, 3.63) is 19.8 Å². The molecule has 1 aromatic rings. The van der Waals surface area contributed by atoms with E-state index in [-0.39, 0.29) is 0 Å². The van der Waals surface area contributed by atoms with Crippen LogP contribution in [0.25, 0.3) is 0 Å². The van der Waals surface area contributed by atoms with E-state index < -0.39 is 0 Å². The van der Waals surface area contributed by atoms with Crippen molar-refractivity contribution in [2.75, 3.05) is 0 Å². The molecule has 1 aromatic heterocycles. The van der Waals surface area contributed by atoms with Crippen LogP contribution in [-0.2, 0) is 13.0 Å². The van der Waals surface area contributed by atoms with Crippen LogP contribution in [-0.4, -0.2) is 0 Å². The zero-order valence-corrected chi connectivity index (χ0v) is 11.7. The van der Waals surface area contributed by atoms with E-state index in [1.54, 1.807) is 0 Å². The number of hydrogen-bond acceptors (Lipinski definition) is 2. The highest BCUT2D eigenvalue weighted by atomic mass is 79.9. The molecule has 0 fully saturated rings. The average molecular weight is 276 g/mol.